The number of rotatable bonds is 2. The Kier molecular flexibility index (Phi) is 2.58. The largest absolute Gasteiger partial charge is 0.392 e. The van der Waals surface area contributed by atoms with Crippen LogP contribution in [0.1, 0.15) is 5.56 Å². The zero-order valence-electron chi connectivity index (χ0n) is 10.7. The lowest BCUT2D eigenvalue weighted by Gasteiger charge is -1.98. The third-order valence-corrected chi connectivity index (χ3v) is 4.46. The molecule has 3 nitrogen and oxygen atoms in total. The van der Waals surface area contributed by atoms with Crippen LogP contribution in [-0.2, 0) is 6.61 Å². The van der Waals surface area contributed by atoms with Crippen LogP contribution in [0, 0.1) is 0 Å². The van der Waals surface area contributed by atoms with Crippen molar-refractivity contribution in [2.24, 2.45) is 0 Å². The number of aromatic nitrogens is 2. The second-order valence-electron chi connectivity index (χ2n) is 4.70. The zero-order chi connectivity index (χ0) is 13.5. The summed E-state index contributed by atoms with van der Waals surface area (Å²) in [6.45, 7) is 0.0820. The van der Waals surface area contributed by atoms with Gasteiger partial charge in [-0.3, -0.25) is 4.40 Å². The van der Waals surface area contributed by atoms with Crippen LogP contribution in [0.2, 0.25) is 0 Å². The molecule has 0 saturated carbocycles. The summed E-state index contributed by atoms with van der Waals surface area (Å²) in [4.78, 5) is 6.83. The monoisotopic (exact) mass is 280 g/mol. The summed E-state index contributed by atoms with van der Waals surface area (Å²) in [5.74, 6) is 0. The lowest BCUT2D eigenvalue weighted by Crippen LogP contribution is -1.82. The van der Waals surface area contributed by atoms with Gasteiger partial charge in [0.1, 0.15) is 0 Å². The highest BCUT2D eigenvalue weighted by molar-refractivity contribution is 7.20. The van der Waals surface area contributed by atoms with Crippen LogP contribution in [0.25, 0.3) is 26.4 Å². The van der Waals surface area contributed by atoms with Crippen LogP contribution in [0.3, 0.4) is 0 Å². The van der Waals surface area contributed by atoms with Crippen LogP contribution < -0.4 is 0 Å². The van der Waals surface area contributed by atoms with Gasteiger partial charge in [0.25, 0.3) is 0 Å². The van der Waals surface area contributed by atoms with E-state index in [2.05, 4.69) is 21.6 Å². The first-order valence-electron chi connectivity index (χ1n) is 6.42. The first-order chi connectivity index (χ1) is 9.85. The van der Waals surface area contributed by atoms with Crippen molar-refractivity contribution in [3.05, 3.63) is 60.3 Å². The second kappa shape index (κ2) is 4.44. The predicted octanol–water partition coefficient (Wildman–Crippen LogP) is 3.71. The molecule has 2 aromatic heterocycles. The van der Waals surface area contributed by atoms with Gasteiger partial charge in [-0.25, -0.2) is 4.98 Å². The molecule has 0 aliphatic carbocycles. The number of hydrogen-bond acceptors (Lipinski definition) is 3. The van der Waals surface area contributed by atoms with Crippen LogP contribution in [-0.4, -0.2) is 14.5 Å². The Morgan fingerprint density at radius 3 is 2.65 bits per heavy atom. The van der Waals surface area contributed by atoms with E-state index >= 15 is 0 Å². The highest BCUT2D eigenvalue weighted by atomic mass is 32.1. The van der Waals surface area contributed by atoms with Gasteiger partial charge < -0.3 is 5.11 Å². The minimum absolute atomic E-state index is 0.0820. The molecule has 0 saturated heterocycles. The third-order valence-electron chi connectivity index (χ3n) is 3.43. The smallest absolute Gasteiger partial charge is 0.195 e. The molecule has 4 rings (SSSR count). The maximum atomic E-state index is 9.09. The fourth-order valence-electron chi connectivity index (χ4n) is 2.37. The number of fused-ring (bicyclic) bond motifs is 3. The minimum Gasteiger partial charge on any atom is -0.392 e. The highest BCUT2D eigenvalue weighted by Gasteiger charge is 2.09. The van der Waals surface area contributed by atoms with Gasteiger partial charge in [-0.2, -0.15) is 0 Å². The molecule has 0 aliphatic rings. The fraction of sp³-hybridized carbons (Fsp3) is 0.0625. The van der Waals surface area contributed by atoms with Gasteiger partial charge in [0.2, 0.25) is 0 Å². The normalized spacial score (nSPS) is 11.4. The first-order valence-corrected chi connectivity index (χ1v) is 7.23. The second-order valence-corrected chi connectivity index (χ2v) is 5.71. The number of imidazole rings is 1. The standard InChI is InChI=1S/C16H12N2OS/c19-10-11-5-7-12(8-6-11)15-9-18-14-4-2-1-3-13(14)17-16(18)20-15/h1-9,19H,10H2. The molecular weight excluding hydrogens is 268 g/mol. The Morgan fingerprint density at radius 2 is 1.85 bits per heavy atom. The molecule has 0 radical (unpaired) electrons. The molecular formula is C16H12N2OS. The SMILES string of the molecule is OCc1ccc(-c2cn3c(nc4ccccc43)s2)cc1. The third kappa shape index (κ3) is 1.73. The van der Waals surface area contributed by atoms with E-state index in [1.807, 2.05) is 42.5 Å². The number of benzene rings is 2. The lowest BCUT2D eigenvalue weighted by atomic mass is 10.1. The summed E-state index contributed by atoms with van der Waals surface area (Å²) in [5.41, 5.74) is 4.25. The molecule has 4 heteroatoms. The molecule has 2 aromatic carbocycles. The van der Waals surface area contributed by atoms with Crippen molar-refractivity contribution in [2.45, 2.75) is 6.61 Å². The summed E-state index contributed by atoms with van der Waals surface area (Å²) >= 11 is 1.68. The molecule has 0 bridgehead atoms. The number of para-hydroxylation sites is 2. The summed E-state index contributed by atoms with van der Waals surface area (Å²) in [6.07, 6.45) is 2.13. The maximum absolute atomic E-state index is 9.09. The first kappa shape index (κ1) is 11.6. The molecule has 20 heavy (non-hydrogen) atoms. The summed E-state index contributed by atoms with van der Waals surface area (Å²) in [6, 6.07) is 16.1. The van der Waals surface area contributed by atoms with Gasteiger partial charge in [0.05, 0.1) is 22.5 Å². The summed E-state index contributed by atoms with van der Waals surface area (Å²) in [7, 11) is 0. The molecule has 0 fully saturated rings. The van der Waals surface area contributed by atoms with Crippen molar-refractivity contribution in [1.29, 1.82) is 0 Å². The van der Waals surface area contributed by atoms with Crippen molar-refractivity contribution in [3.8, 4) is 10.4 Å². The average molecular weight is 280 g/mol. The van der Waals surface area contributed by atoms with E-state index in [9.17, 15) is 0 Å². The summed E-state index contributed by atoms with van der Waals surface area (Å²) in [5, 5.41) is 9.09. The molecule has 2 heterocycles. The molecule has 1 N–H and O–H groups in total. The molecule has 0 unspecified atom stereocenters. The zero-order valence-corrected chi connectivity index (χ0v) is 11.5. The van der Waals surface area contributed by atoms with Gasteiger partial charge >= 0.3 is 0 Å². The van der Waals surface area contributed by atoms with E-state index in [1.54, 1.807) is 11.3 Å². The van der Waals surface area contributed by atoms with Crippen molar-refractivity contribution >= 4 is 27.3 Å². The van der Waals surface area contributed by atoms with Crippen LogP contribution in [0.4, 0.5) is 0 Å². The van der Waals surface area contributed by atoms with Gasteiger partial charge in [-0.1, -0.05) is 47.7 Å². The minimum atomic E-state index is 0.0820. The Hall–Kier alpha value is -2.17. The highest BCUT2D eigenvalue weighted by Crippen LogP contribution is 2.31. The number of thiazole rings is 1. The number of aliphatic hydroxyl groups is 1. The lowest BCUT2D eigenvalue weighted by molar-refractivity contribution is 0.282. The number of nitrogens with zero attached hydrogens (tertiary/aromatic N) is 2. The summed E-state index contributed by atoms with van der Waals surface area (Å²) < 4.78 is 2.13. The quantitative estimate of drug-likeness (QED) is 0.608. The van der Waals surface area contributed by atoms with Crippen molar-refractivity contribution in [3.63, 3.8) is 0 Å². The Balaban J connectivity index is 1.87. The Labute approximate surface area is 119 Å². The molecule has 98 valence electrons. The Bertz CT molecular complexity index is 890. The average Bonchev–Trinajstić information content (AvgIpc) is 3.05. The van der Waals surface area contributed by atoms with E-state index in [-0.39, 0.29) is 6.61 Å². The number of hydrogen-bond donors (Lipinski definition) is 1. The maximum Gasteiger partial charge on any atom is 0.195 e. The van der Waals surface area contributed by atoms with Gasteiger partial charge in [-0.05, 0) is 23.3 Å². The molecule has 0 spiro atoms. The van der Waals surface area contributed by atoms with E-state index in [0.717, 1.165) is 27.1 Å². The van der Waals surface area contributed by atoms with E-state index in [1.165, 1.54) is 4.88 Å². The van der Waals surface area contributed by atoms with E-state index < -0.39 is 0 Å². The van der Waals surface area contributed by atoms with Gasteiger partial charge in [-0.15, -0.1) is 0 Å². The van der Waals surface area contributed by atoms with Crippen molar-refractivity contribution < 1.29 is 5.11 Å². The van der Waals surface area contributed by atoms with Crippen LogP contribution >= 0.6 is 11.3 Å². The van der Waals surface area contributed by atoms with Gasteiger partial charge in [0.15, 0.2) is 4.96 Å². The van der Waals surface area contributed by atoms with Crippen LogP contribution in [0.5, 0.6) is 0 Å². The van der Waals surface area contributed by atoms with Crippen LogP contribution in [0.15, 0.2) is 54.7 Å². The topological polar surface area (TPSA) is 37.5 Å². The molecule has 0 amide bonds. The van der Waals surface area contributed by atoms with Crippen molar-refractivity contribution in [1.82, 2.24) is 9.38 Å². The fourth-order valence-corrected chi connectivity index (χ4v) is 3.37. The van der Waals surface area contributed by atoms with E-state index in [4.69, 9.17) is 5.11 Å². The molecule has 4 aromatic rings. The van der Waals surface area contributed by atoms with Gasteiger partial charge in [0, 0.05) is 6.20 Å². The number of aliphatic hydroxyl groups excluding tert-OH is 1. The van der Waals surface area contributed by atoms with E-state index in [0.29, 0.717) is 0 Å². The molecule has 0 atom stereocenters. The molecule has 0 aliphatic heterocycles. The predicted molar refractivity (Wildman–Crippen MR) is 81.9 cm³/mol. The Morgan fingerprint density at radius 1 is 1.05 bits per heavy atom. The van der Waals surface area contributed by atoms with Crippen molar-refractivity contribution in [2.75, 3.05) is 0 Å².